The fraction of sp³-hybridized carbons (Fsp3) is 0.294. The maximum Gasteiger partial charge on any atom is 0.271 e. The largest absolute Gasteiger partial charge is 0.493 e. The van der Waals surface area contributed by atoms with Crippen molar-refractivity contribution in [1.29, 1.82) is 0 Å². The average molecular weight is 407 g/mol. The Morgan fingerprint density at radius 3 is 2.74 bits per heavy atom. The van der Waals surface area contributed by atoms with E-state index < -0.39 is 0 Å². The number of aryl methyl sites for hydroxylation is 2. The topological polar surface area (TPSA) is 82.3 Å². The fourth-order valence-corrected chi connectivity index (χ4v) is 3.03. The standard InChI is InChI=1S/C17H19ClN6O2S/c1-5-26-15-13(18)7-12(8-14(15)25-4)9-19-24-16(20-21-17(24)27)23-11(3)6-10(2)22-23/h6-9H,5H2,1-4H3,(H,21,27)/b19-9-. The zero-order valence-corrected chi connectivity index (χ0v) is 16.9. The predicted molar refractivity (Wildman–Crippen MR) is 106 cm³/mol. The number of ether oxygens (including phenoxy) is 2. The van der Waals surface area contributed by atoms with E-state index in [1.54, 1.807) is 30.1 Å². The summed E-state index contributed by atoms with van der Waals surface area (Å²) in [5.41, 5.74) is 2.52. The van der Waals surface area contributed by atoms with Crippen LogP contribution in [0.2, 0.25) is 5.02 Å². The minimum atomic E-state index is 0.345. The molecule has 0 unspecified atom stereocenters. The Hall–Kier alpha value is -2.65. The second kappa shape index (κ2) is 7.93. The predicted octanol–water partition coefficient (Wildman–Crippen LogP) is 3.69. The van der Waals surface area contributed by atoms with Gasteiger partial charge in [-0.25, -0.2) is 9.78 Å². The van der Waals surface area contributed by atoms with Crippen molar-refractivity contribution in [3.8, 4) is 17.4 Å². The number of nitrogens with one attached hydrogen (secondary N) is 1. The Morgan fingerprint density at radius 1 is 1.33 bits per heavy atom. The number of nitrogens with zero attached hydrogens (tertiary/aromatic N) is 5. The van der Waals surface area contributed by atoms with Crippen LogP contribution in [0.3, 0.4) is 0 Å². The number of hydrogen-bond acceptors (Lipinski definition) is 6. The van der Waals surface area contributed by atoms with Gasteiger partial charge >= 0.3 is 0 Å². The van der Waals surface area contributed by atoms with Gasteiger partial charge in [0.15, 0.2) is 11.5 Å². The second-order valence-corrected chi connectivity index (χ2v) is 6.49. The molecule has 0 radical (unpaired) electrons. The molecule has 142 valence electrons. The highest BCUT2D eigenvalue weighted by Gasteiger charge is 2.13. The van der Waals surface area contributed by atoms with E-state index in [1.807, 2.05) is 26.8 Å². The van der Waals surface area contributed by atoms with E-state index in [2.05, 4.69) is 20.4 Å². The summed E-state index contributed by atoms with van der Waals surface area (Å²) in [6, 6.07) is 5.47. The lowest BCUT2D eigenvalue weighted by Crippen LogP contribution is -2.07. The zero-order valence-electron chi connectivity index (χ0n) is 15.4. The van der Waals surface area contributed by atoms with E-state index in [-0.39, 0.29) is 0 Å². The van der Waals surface area contributed by atoms with Crippen molar-refractivity contribution >= 4 is 30.0 Å². The summed E-state index contributed by atoms with van der Waals surface area (Å²) in [4.78, 5) is 0. The maximum atomic E-state index is 6.31. The number of H-pyrrole nitrogens is 1. The maximum absolute atomic E-state index is 6.31. The first kappa shape index (κ1) is 19.1. The van der Waals surface area contributed by atoms with Gasteiger partial charge in [-0.3, -0.25) is 0 Å². The van der Waals surface area contributed by atoms with Gasteiger partial charge in [-0.2, -0.15) is 14.9 Å². The monoisotopic (exact) mass is 406 g/mol. The molecule has 3 aromatic rings. The normalized spacial score (nSPS) is 11.3. The molecule has 0 aliphatic heterocycles. The minimum Gasteiger partial charge on any atom is -0.493 e. The van der Waals surface area contributed by atoms with Crippen molar-refractivity contribution in [1.82, 2.24) is 24.7 Å². The highest BCUT2D eigenvalue weighted by atomic mass is 35.5. The van der Waals surface area contributed by atoms with E-state index in [9.17, 15) is 0 Å². The summed E-state index contributed by atoms with van der Waals surface area (Å²) < 4.78 is 14.4. The molecule has 27 heavy (non-hydrogen) atoms. The molecule has 2 aromatic heterocycles. The van der Waals surface area contributed by atoms with Crippen LogP contribution < -0.4 is 9.47 Å². The number of aromatic amines is 1. The summed E-state index contributed by atoms with van der Waals surface area (Å²) in [5, 5.41) is 16.3. The van der Waals surface area contributed by atoms with Crippen LogP contribution in [-0.2, 0) is 0 Å². The highest BCUT2D eigenvalue weighted by Crippen LogP contribution is 2.36. The number of hydrogen-bond donors (Lipinski definition) is 1. The molecule has 0 saturated carbocycles. The summed E-state index contributed by atoms with van der Waals surface area (Å²) in [5.74, 6) is 1.49. The van der Waals surface area contributed by atoms with Crippen LogP contribution in [0.25, 0.3) is 5.95 Å². The van der Waals surface area contributed by atoms with Crippen molar-refractivity contribution in [2.45, 2.75) is 20.8 Å². The first-order chi connectivity index (χ1) is 12.9. The lowest BCUT2D eigenvalue weighted by molar-refractivity contribution is 0.311. The average Bonchev–Trinajstić information content (AvgIpc) is 3.16. The molecule has 0 bridgehead atoms. The molecule has 3 rings (SSSR count). The molecule has 0 saturated heterocycles. The third kappa shape index (κ3) is 3.88. The first-order valence-electron chi connectivity index (χ1n) is 8.20. The van der Waals surface area contributed by atoms with Crippen LogP contribution in [0.4, 0.5) is 0 Å². The fourth-order valence-electron chi connectivity index (χ4n) is 2.58. The van der Waals surface area contributed by atoms with E-state index in [0.717, 1.165) is 17.0 Å². The molecule has 0 aliphatic carbocycles. The van der Waals surface area contributed by atoms with E-state index >= 15 is 0 Å². The molecule has 1 aromatic carbocycles. The Balaban J connectivity index is 2.00. The van der Waals surface area contributed by atoms with Gasteiger partial charge in [-0.1, -0.05) is 11.6 Å². The zero-order chi connectivity index (χ0) is 19.6. The molecule has 0 atom stereocenters. The molecular formula is C17H19ClN6O2S. The van der Waals surface area contributed by atoms with Crippen molar-refractivity contribution in [3.05, 3.63) is 44.9 Å². The van der Waals surface area contributed by atoms with Gasteiger partial charge in [-0.05, 0) is 56.8 Å². The summed E-state index contributed by atoms with van der Waals surface area (Å²) in [6.45, 7) is 6.21. The molecule has 0 amide bonds. The van der Waals surface area contributed by atoms with Gasteiger partial charge < -0.3 is 9.47 Å². The second-order valence-electron chi connectivity index (χ2n) is 5.69. The van der Waals surface area contributed by atoms with E-state index in [1.165, 1.54) is 4.68 Å². The molecule has 2 heterocycles. The van der Waals surface area contributed by atoms with Gasteiger partial charge in [-0.15, -0.1) is 5.10 Å². The van der Waals surface area contributed by atoms with Crippen molar-refractivity contribution in [2.75, 3.05) is 13.7 Å². The summed E-state index contributed by atoms with van der Waals surface area (Å²) in [7, 11) is 1.56. The van der Waals surface area contributed by atoms with Crippen LogP contribution in [-0.4, -0.2) is 44.6 Å². The number of benzene rings is 1. The van der Waals surface area contributed by atoms with E-state index in [0.29, 0.717) is 33.8 Å². The van der Waals surface area contributed by atoms with Gasteiger partial charge in [0, 0.05) is 5.69 Å². The molecule has 10 heteroatoms. The smallest absolute Gasteiger partial charge is 0.271 e. The number of halogens is 1. The van der Waals surface area contributed by atoms with Crippen LogP contribution >= 0.6 is 23.8 Å². The van der Waals surface area contributed by atoms with E-state index in [4.69, 9.17) is 33.3 Å². The molecular weight excluding hydrogens is 388 g/mol. The van der Waals surface area contributed by atoms with Crippen molar-refractivity contribution in [3.63, 3.8) is 0 Å². The Kier molecular flexibility index (Phi) is 5.62. The lowest BCUT2D eigenvalue weighted by Gasteiger charge is -2.11. The van der Waals surface area contributed by atoms with Crippen LogP contribution in [0, 0.1) is 18.6 Å². The van der Waals surface area contributed by atoms with Gasteiger partial charge in [0.05, 0.1) is 30.6 Å². The molecule has 0 aliphatic rings. The summed E-state index contributed by atoms with van der Waals surface area (Å²) >= 11 is 11.6. The third-order valence-electron chi connectivity index (χ3n) is 3.70. The Morgan fingerprint density at radius 2 is 2.11 bits per heavy atom. The van der Waals surface area contributed by atoms with Crippen LogP contribution in [0.1, 0.15) is 23.9 Å². The molecule has 1 N–H and O–H groups in total. The third-order valence-corrected chi connectivity index (χ3v) is 4.24. The quantitative estimate of drug-likeness (QED) is 0.498. The van der Waals surface area contributed by atoms with Gasteiger partial charge in [0.25, 0.3) is 5.95 Å². The Bertz CT molecular complexity index is 1050. The Labute approximate surface area is 166 Å². The van der Waals surface area contributed by atoms with Crippen molar-refractivity contribution < 1.29 is 9.47 Å². The number of methoxy groups -OCH3 is 1. The van der Waals surface area contributed by atoms with Gasteiger partial charge in [0.1, 0.15) is 0 Å². The number of aromatic nitrogens is 5. The minimum absolute atomic E-state index is 0.345. The highest BCUT2D eigenvalue weighted by molar-refractivity contribution is 7.71. The molecule has 8 nitrogen and oxygen atoms in total. The van der Waals surface area contributed by atoms with Gasteiger partial charge in [0.2, 0.25) is 4.77 Å². The SMILES string of the molecule is CCOc1c(Cl)cc(/C=N\n2c(-n3nc(C)cc3C)n[nH]c2=S)cc1OC. The number of rotatable bonds is 6. The molecule has 0 fully saturated rings. The first-order valence-corrected chi connectivity index (χ1v) is 8.99. The molecule has 0 spiro atoms. The summed E-state index contributed by atoms with van der Waals surface area (Å²) in [6.07, 6.45) is 1.62. The lowest BCUT2D eigenvalue weighted by atomic mass is 10.2. The van der Waals surface area contributed by atoms with Crippen LogP contribution in [0.15, 0.2) is 23.3 Å². The van der Waals surface area contributed by atoms with Crippen LogP contribution in [0.5, 0.6) is 11.5 Å². The van der Waals surface area contributed by atoms with Crippen molar-refractivity contribution in [2.24, 2.45) is 5.10 Å².